The third kappa shape index (κ3) is 2.80. The lowest BCUT2D eigenvalue weighted by atomic mass is 10.2. The predicted octanol–water partition coefficient (Wildman–Crippen LogP) is 1.53. The van der Waals surface area contributed by atoms with E-state index >= 15 is 0 Å². The summed E-state index contributed by atoms with van der Waals surface area (Å²) in [5.41, 5.74) is 3.55. The van der Waals surface area contributed by atoms with E-state index in [1.165, 1.54) is 12.7 Å². The summed E-state index contributed by atoms with van der Waals surface area (Å²) < 4.78 is 4.47. The molecular formula is C10H16N2O2. The van der Waals surface area contributed by atoms with Gasteiger partial charge in [-0.25, -0.2) is 4.79 Å². The van der Waals surface area contributed by atoms with Gasteiger partial charge in [-0.1, -0.05) is 0 Å². The van der Waals surface area contributed by atoms with E-state index in [9.17, 15) is 4.79 Å². The molecule has 1 aromatic rings. The summed E-state index contributed by atoms with van der Waals surface area (Å²) in [7, 11) is 1.36. The molecule has 0 radical (unpaired) electrons. The van der Waals surface area contributed by atoms with Gasteiger partial charge in [-0.05, 0) is 31.9 Å². The van der Waals surface area contributed by atoms with E-state index in [4.69, 9.17) is 0 Å². The van der Waals surface area contributed by atoms with E-state index in [2.05, 4.69) is 21.1 Å². The molecule has 0 unspecified atom stereocenters. The highest BCUT2D eigenvalue weighted by Gasteiger charge is 2.02. The minimum absolute atomic E-state index is 0.380. The Morgan fingerprint density at radius 1 is 1.57 bits per heavy atom. The predicted molar refractivity (Wildman–Crippen MR) is 54.4 cm³/mol. The highest BCUT2D eigenvalue weighted by atomic mass is 16.5. The molecule has 14 heavy (non-hydrogen) atoms. The number of methoxy groups -OCH3 is 1. The van der Waals surface area contributed by atoms with Gasteiger partial charge in [0.25, 0.3) is 0 Å². The third-order valence-electron chi connectivity index (χ3n) is 2.11. The maximum absolute atomic E-state index is 10.8. The Morgan fingerprint density at radius 2 is 2.29 bits per heavy atom. The Balaban J connectivity index is 2.38. The first-order valence-electron chi connectivity index (χ1n) is 4.60. The maximum Gasteiger partial charge on any atom is 0.406 e. The lowest BCUT2D eigenvalue weighted by Gasteiger charge is -2.02. The van der Waals surface area contributed by atoms with E-state index in [-0.39, 0.29) is 6.09 Å². The van der Waals surface area contributed by atoms with E-state index in [0.29, 0.717) is 6.54 Å². The Morgan fingerprint density at radius 3 is 2.79 bits per heavy atom. The highest BCUT2D eigenvalue weighted by Crippen LogP contribution is 2.09. The van der Waals surface area contributed by atoms with Gasteiger partial charge in [0.1, 0.15) is 0 Å². The fourth-order valence-electron chi connectivity index (χ4n) is 1.41. The largest absolute Gasteiger partial charge is 0.453 e. The maximum atomic E-state index is 10.8. The molecule has 0 aromatic carbocycles. The number of aromatic nitrogens is 1. The monoisotopic (exact) mass is 196 g/mol. The Kier molecular flexibility index (Phi) is 3.56. The van der Waals surface area contributed by atoms with Crippen LogP contribution in [0.15, 0.2) is 6.07 Å². The normalized spacial score (nSPS) is 9.93. The summed E-state index contributed by atoms with van der Waals surface area (Å²) in [6, 6.07) is 2.09. The number of carbonyl (C=O) groups excluding carboxylic acids is 1. The molecule has 0 bridgehead atoms. The van der Waals surface area contributed by atoms with Gasteiger partial charge >= 0.3 is 6.09 Å². The van der Waals surface area contributed by atoms with Crippen molar-refractivity contribution in [1.29, 1.82) is 0 Å². The molecule has 0 saturated heterocycles. The zero-order valence-corrected chi connectivity index (χ0v) is 8.81. The van der Waals surface area contributed by atoms with Gasteiger partial charge < -0.3 is 15.0 Å². The molecule has 78 valence electrons. The number of hydrogen-bond donors (Lipinski definition) is 2. The summed E-state index contributed by atoms with van der Waals surface area (Å²) in [6.45, 7) is 4.65. The Bertz CT molecular complexity index is 318. The van der Waals surface area contributed by atoms with Crippen LogP contribution in [0.5, 0.6) is 0 Å². The number of H-pyrrole nitrogens is 1. The van der Waals surface area contributed by atoms with Crippen LogP contribution in [0, 0.1) is 13.8 Å². The van der Waals surface area contributed by atoms with Crippen molar-refractivity contribution < 1.29 is 9.53 Å². The Labute approximate surface area is 83.7 Å². The molecule has 4 heteroatoms. The van der Waals surface area contributed by atoms with Crippen molar-refractivity contribution in [2.75, 3.05) is 13.7 Å². The van der Waals surface area contributed by atoms with Gasteiger partial charge in [-0.3, -0.25) is 0 Å². The molecule has 2 N–H and O–H groups in total. The average molecular weight is 196 g/mol. The quantitative estimate of drug-likeness (QED) is 0.770. The second kappa shape index (κ2) is 4.69. The first kappa shape index (κ1) is 10.6. The van der Waals surface area contributed by atoms with Gasteiger partial charge in [0, 0.05) is 17.9 Å². The molecule has 1 rings (SSSR count). The van der Waals surface area contributed by atoms with Crippen LogP contribution < -0.4 is 5.32 Å². The minimum atomic E-state index is -0.380. The summed E-state index contributed by atoms with van der Waals surface area (Å²) in [5.74, 6) is 0. The molecule has 0 saturated carbocycles. The Hall–Kier alpha value is -1.45. The fourth-order valence-corrected chi connectivity index (χ4v) is 1.41. The lowest BCUT2D eigenvalue weighted by molar-refractivity contribution is 0.171. The number of amides is 1. The number of aryl methyl sites for hydroxylation is 2. The van der Waals surface area contributed by atoms with Crippen LogP contribution >= 0.6 is 0 Å². The summed E-state index contributed by atoms with van der Waals surface area (Å²) >= 11 is 0. The molecular weight excluding hydrogens is 180 g/mol. The first-order valence-corrected chi connectivity index (χ1v) is 4.60. The molecule has 0 aliphatic heterocycles. The van der Waals surface area contributed by atoms with Crippen LogP contribution in [0.2, 0.25) is 0 Å². The second-order valence-electron chi connectivity index (χ2n) is 3.27. The number of ether oxygens (including phenoxy) is 1. The van der Waals surface area contributed by atoms with Crippen molar-refractivity contribution >= 4 is 6.09 Å². The number of aromatic amines is 1. The standard InChI is InChI=1S/C10H16N2O2/c1-7-6-9(8(2)12-7)4-5-11-10(13)14-3/h6,12H,4-5H2,1-3H3,(H,11,13). The van der Waals surface area contributed by atoms with Crippen molar-refractivity contribution in [3.05, 3.63) is 23.0 Å². The lowest BCUT2D eigenvalue weighted by Crippen LogP contribution is -2.25. The number of alkyl carbamates (subject to hydrolysis) is 1. The fraction of sp³-hybridized carbons (Fsp3) is 0.500. The van der Waals surface area contributed by atoms with Crippen molar-refractivity contribution in [2.24, 2.45) is 0 Å². The number of rotatable bonds is 3. The zero-order chi connectivity index (χ0) is 10.6. The molecule has 0 aliphatic carbocycles. The van der Waals surface area contributed by atoms with Gasteiger partial charge in [0.15, 0.2) is 0 Å². The topological polar surface area (TPSA) is 54.1 Å². The van der Waals surface area contributed by atoms with Crippen LogP contribution in [0.25, 0.3) is 0 Å². The third-order valence-corrected chi connectivity index (χ3v) is 2.11. The number of nitrogens with one attached hydrogen (secondary N) is 2. The van der Waals surface area contributed by atoms with Gasteiger partial charge in [-0.15, -0.1) is 0 Å². The van der Waals surface area contributed by atoms with Crippen LogP contribution in [-0.2, 0) is 11.2 Å². The molecule has 1 aromatic heterocycles. The van der Waals surface area contributed by atoms with E-state index in [1.807, 2.05) is 13.8 Å². The average Bonchev–Trinajstić information content (AvgIpc) is 2.45. The number of carbonyl (C=O) groups is 1. The van der Waals surface area contributed by atoms with Crippen LogP contribution in [0.1, 0.15) is 17.0 Å². The number of hydrogen-bond acceptors (Lipinski definition) is 2. The molecule has 0 fully saturated rings. The summed E-state index contributed by atoms with van der Waals surface area (Å²) in [4.78, 5) is 14.0. The van der Waals surface area contributed by atoms with Crippen molar-refractivity contribution in [3.8, 4) is 0 Å². The smallest absolute Gasteiger partial charge is 0.406 e. The minimum Gasteiger partial charge on any atom is -0.453 e. The van der Waals surface area contributed by atoms with Gasteiger partial charge in [-0.2, -0.15) is 0 Å². The molecule has 0 atom stereocenters. The SMILES string of the molecule is COC(=O)NCCc1cc(C)[nH]c1C. The molecule has 0 spiro atoms. The summed E-state index contributed by atoms with van der Waals surface area (Å²) in [5, 5.41) is 2.64. The van der Waals surface area contributed by atoms with Crippen LogP contribution in [0.4, 0.5) is 4.79 Å². The van der Waals surface area contributed by atoms with Crippen molar-refractivity contribution in [2.45, 2.75) is 20.3 Å². The molecule has 1 heterocycles. The highest BCUT2D eigenvalue weighted by molar-refractivity contribution is 5.66. The zero-order valence-electron chi connectivity index (χ0n) is 8.81. The van der Waals surface area contributed by atoms with Crippen LogP contribution in [-0.4, -0.2) is 24.7 Å². The van der Waals surface area contributed by atoms with Gasteiger partial charge in [0.2, 0.25) is 0 Å². The molecule has 0 aliphatic rings. The second-order valence-corrected chi connectivity index (χ2v) is 3.27. The summed E-state index contributed by atoms with van der Waals surface area (Å²) in [6.07, 6.45) is 0.445. The van der Waals surface area contributed by atoms with Crippen molar-refractivity contribution in [1.82, 2.24) is 10.3 Å². The van der Waals surface area contributed by atoms with E-state index in [1.54, 1.807) is 0 Å². The van der Waals surface area contributed by atoms with Crippen molar-refractivity contribution in [3.63, 3.8) is 0 Å². The molecule has 4 nitrogen and oxygen atoms in total. The van der Waals surface area contributed by atoms with E-state index in [0.717, 1.165) is 17.8 Å². The van der Waals surface area contributed by atoms with Gasteiger partial charge in [0.05, 0.1) is 7.11 Å². The van der Waals surface area contributed by atoms with Crippen LogP contribution in [0.3, 0.4) is 0 Å². The van der Waals surface area contributed by atoms with E-state index < -0.39 is 0 Å². The first-order chi connectivity index (χ1) is 6.63. The molecule has 1 amide bonds.